The van der Waals surface area contributed by atoms with E-state index in [-0.39, 0.29) is 18.3 Å². The molecule has 0 aromatic heterocycles. The maximum Gasteiger partial charge on any atom is 0.336 e. The molecule has 0 spiro atoms. The van der Waals surface area contributed by atoms with Crippen molar-refractivity contribution in [2.45, 2.75) is 38.5 Å². The number of rotatable bonds is 10. The Bertz CT molecular complexity index is 1250. The van der Waals surface area contributed by atoms with E-state index in [9.17, 15) is 9.59 Å². The van der Waals surface area contributed by atoms with Gasteiger partial charge in [0.1, 0.15) is 12.4 Å². The Morgan fingerprint density at radius 3 is 2.39 bits per heavy atom. The van der Waals surface area contributed by atoms with Gasteiger partial charge in [0, 0.05) is 35.6 Å². The maximum atomic E-state index is 13.9. The number of ketones is 1. The monoisotopic (exact) mass is 521 g/mol. The summed E-state index contributed by atoms with van der Waals surface area (Å²) in [6, 6.07) is 13.3. The number of carbonyl (C=O) groups is 2. The summed E-state index contributed by atoms with van der Waals surface area (Å²) in [6.07, 6.45) is 0.946. The first kappa shape index (κ1) is 27.3. The number of para-hydroxylation sites is 1. The van der Waals surface area contributed by atoms with Gasteiger partial charge in [-0.1, -0.05) is 24.3 Å². The number of benzene rings is 2. The molecular weight excluding hydrogens is 486 g/mol. The van der Waals surface area contributed by atoms with E-state index in [1.807, 2.05) is 50.2 Å². The van der Waals surface area contributed by atoms with Gasteiger partial charge in [0.2, 0.25) is 0 Å². The minimum atomic E-state index is -0.666. The molecule has 0 fully saturated rings. The number of hydrogen-bond donors (Lipinski definition) is 1. The largest absolute Gasteiger partial charge is 0.497 e. The highest BCUT2D eigenvalue weighted by Crippen LogP contribution is 2.49. The normalized spacial score (nSPS) is 19.0. The molecule has 0 bridgehead atoms. The van der Waals surface area contributed by atoms with E-state index in [0.717, 1.165) is 17.0 Å². The van der Waals surface area contributed by atoms with Crippen molar-refractivity contribution in [3.8, 4) is 17.2 Å². The first-order chi connectivity index (χ1) is 18.4. The van der Waals surface area contributed by atoms with Gasteiger partial charge >= 0.3 is 5.97 Å². The van der Waals surface area contributed by atoms with E-state index in [0.29, 0.717) is 60.0 Å². The number of Topliss-reactive ketones (excluding diaryl/α,β-unsaturated/α-hetero) is 1. The van der Waals surface area contributed by atoms with Crippen LogP contribution in [0.2, 0.25) is 0 Å². The minimum absolute atomic E-state index is 0.00000489. The van der Waals surface area contributed by atoms with Crippen LogP contribution in [0.1, 0.15) is 49.7 Å². The van der Waals surface area contributed by atoms with Crippen LogP contribution < -0.4 is 19.5 Å². The Balaban J connectivity index is 1.77. The van der Waals surface area contributed by atoms with Gasteiger partial charge in [0.15, 0.2) is 17.3 Å². The molecule has 0 unspecified atom stereocenters. The fraction of sp³-hybridized carbons (Fsp3) is 0.400. The lowest BCUT2D eigenvalue weighted by Gasteiger charge is -2.37. The molecule has 1 N–H and O–H groups in total. The molecule has 38 heavy (non-hydrogen) atoms. The van der Waals surface area contributed by atoms with Crippen LogP contribution in [-0.2, 0) is 19.1 Å². The molecule has 2 aromatic carbocycles. The average molecular weight is 522 g/mol. The molecule has 0 saturated carbocycles. The summed E-state index contributed by atoms with van der Waals surface area (Å²) in [4.78, 5) is 27.3. The number of ether oxygens (including phenoxy) is 5. The van der Waals surface area contributed by atoms with E-state index < -0.39 is 11.9 Å². The van der Waals surface area contributed by atoms with Gasteiger partial charge in [-0.25, -0.2) is 4.79 Å². The highest BCUT2D eigenvalue weighted by Gasteiger charge is 2.42. The van der Waals surface area contributed by atoms with Gasteiger partial charge in [-0.3, -0.25) is 4.79 Å². The third-order valence-corrected chi connectivity index (χ3v) is 7.04. The molecule has 4 rings (SSSR count). The fourth-order valence-electron chi connectivity index (χ4n) is 5.29. The topological polar surface area (TPSA) is 92.3 Å². The Hall–Kier alpha value is -3.78. The molecule has 0 amide bonds. The second-order valence-electron chi connectivity index (χ2n) is 9.21. The average Bonchev–Trinajstić information content (AvgIpc) is 2.93. The van der Waals surface area contributed by atoms with Crippen LogP contribution in [0.5, 0.6) is 17.2 Å². The summed E-state index contributed by atoms with van der Waals surface area (Å²) >= 11 is 0. The molecule has 0 radical (unpaired) electrons. The van der Waals surface area contributed by atoms with Crippen LogP contribution in [0.4, 0.5) is 0 Å². The minimum Gasteiger partial charge on any atom is -0.497 e. The predicted molar refractivity (Wildman–Crippen MR) is 143 cm³/mol. The second kappa shape index (κ2) is 12.2. The first-order valence-electron chi connectivity index (χ1n) is 12.8. The molecule has 2 aliphatic rings. The Morgan fingerprint density at radius 1 is 0.974 bits per heavy atom. The highest BCUT2D eigenvalue weighted by atomic mass is 16.6. The zero-order chi connectivity index (χ0) is 27.2. The molecule has 8 nitrogen and oxygen atoms in total. The molecule has 202 valence electrons. The second-order valence-corrected chi connectivity index (χ2v) is 9.21. The van der Waals surface area contributed by atoms with Crippen molar-refractivity contribution in [1.29, 1.82) is 0 Å². The molecule has 1 aliphatic heterocycles. The van der Waals surface area contributed by atoms with E-state index in [1.165, 1.54) is 0 Å². The van der Waals surface area contributed by atoms with Crippen LogP contribution in [0.15, 0.2) is 65.0 Å². The molecule has 1 heterocycles. The predicted octanol–water partition coefficient (Wildman–Crippen LogP) is 4.65. The summed E-state index contributed by atoms with van der Waals surface area (Å²) in [7, 11) is 4.74. The van der Waals surface area contributed by atoms with Crippen LogP contribution >= 0.6 is 0 Å². The number of allylic oxidation sites excluding steroid dienone is 3. The number of nitrogens with one attached hydrogen (secondary N) is 1. The lowest BCUT2D eigenvalue weighted by molar-refractivity contribution is -0.140. The van der Waals surface area contributed by atoms with Gasteiger partial charge in [0.25, 0.3) is 0 Å². The lowest BCUT2D eigenvalue weighted by atomic mass is 9.71. The van der Waals surface area contributed by atoms with E-state index in [2.05, 4.69) is 5.32 Å². The Labute approximate surface area is 223 Å². The van der Waals surface area contributed by atoms with E-state index >= 15 is 0 Å². The van der Waals surface area contributed by atoms with E-state index in [1.54, 1.807) is 27.4 Å². The van der Waals surface area contributed by atoms with E-state index in [4.69, 9.17) is 23.7 Å². The van der Waals surface area contributed by atoms with Crippen LogP contribution in [0.25, 0.3) is 0 Å². The molecule has 2 atom stereocenters. The molecule has 1 aliphatic carbocycles. The summed E-state index contributed by atoms with van der Waals surface area (Å²) in [6.45, 7) is 4.66. The number of esters is 1. The number of dihydropyridines is 1. The smallest absolute Gasteiger partial charge is 0.336 e. The summed E-state index contributed by atoms with van der Waals surface area (Å²) in [5.41, 5.74) is 4.12. The molecule has 0 saturated heterocycles. The van der Waals surface area contributed by atoms with Gasteiger partial charge in [0.05, 0.1) is 39.4 Å². The van der Waals surface area contributed by atoms with Crippen LogP contribution in [-0.4, -0.2) is 52.9 Å². The highest BCUT2D eigenvalue weighted by molar-refractivity contribution is 6.04. The van der Waals surface area contributed by atoms with Crippen LogP contribution in [0.3, 0.4) is 0 Å². The van der Waals surface area contributed by atoms with Crippen molar-refractivity contribution in [2.24, 2.45) is 0 Å². The van der Waals surface area contributed by atoms with Crippen molar-refractivity contribution in [2.75, 3.05) is 41.2 Å². The molecular formula is C30H35NO7. The third-order valence-electron chi connectivity index (χ3n) is 7.04. The summed E-state index contributed by atoms with van der Waals surface area (Å²) < 4.78 is 27.5. The first-order valence-corrected chi connectivity index (χ1v) is 12.8. The zero-order valence-corrected chi connectivity index (χ0v) is 22.6. The van der Waals surface area contributed by atoms with Gasteiger partial charge < -0.3 is 29.0 Å². The third kappa shape index (κ3) is 5.41. The van der Waals surface area contributed by atoms with Gasteiger partial charge in [-0.05, 0) is 49.9 Å². The summed E-state index contributed by atoms with van der Waals surface area (Å²) in [5.74, 6) is 0.573. The standard InChI is InChI=1S/C30H35NO7/c1-6-37-14-15-38-30(33)26-18(2)31-23-16-20(19-10-12-21(34-3)13-11-19)17-24(32)28(23)27(26)22-8-7-9-25(35-4)29(22)36-5/h7-13,20,27,31H,6,14-17H2,1-5H3/t20-,27+/m1/s1. The SMILES string of the molecule is CCOCCOC(=O)C1=C(C)NC2=C(C(=O)C[C@H](c3ccc(OC)cc3)C2)[C@H]1c1cccc(OC)c1OC. The number of hydrogen-bond acceptors (Lipinski definition) is 8. The quantitative estimate of drug-likeness (QED) is 0.357. The molecule has 2 aromatic rings. The van der Waals surface area contributed by atoms with Gasteiger partial charge in [-0.15, -0.1) is 0 Å². The maximum absolute atomic E-state index is 13.9. The van der Waals surface area contributed by atoms with Crippen molar-refractivity contribution >= 4 is 11.8 Å². The van der Waals surface area contributed by atoms with Crippen molar-refractivity contribution in [1.82, 2.24) is 5.32 Å². The van der Waals surface area contributed by atoms with Gasteiger partial charge in [-0.2, -0.15) is 0 Å². The summed E-state index contributed by atoms with van der Waals surface area (Å²) in [5, 5.41) is 3.38. The Kier molecular flexibility index (Phi) is 8.73. The van der Waals surface area contributed by atoms with Crippen molar-refractivity contribution in [3.05, 3.63) is 76.1 Å². The lowest BCUT2D eigenvalue weighted by Crippen LogP contribution is -2.36. The molecule has 8 heteroatoms. The van der Waals surface area contributed by atoms with Crippen molar-refractivity contribution < 1.29 is 33.3 Å². The zero-order valence-electron chi connectivity index (χ0n) is 22.6. The Morgan fingerprint density at radius 2 is 1.74 bits per heavy atom. The number of methoxy groups -OCH3 is 3. The number of carbonyl (C=O) groups excluding carboxylic acids is 2. The fourth-order valence-corrected chi connectivity index (χ4v) is 5.29. The van der Waals surface area contributed by atoms with Crippen LogP contribution in [0, 0.1) is 0 Å². The van der Waals surface area contributed by atoms with Crippen molar-refractivity contribution in [3.63, 3.8) is 0 Å².